The summed E-state index contributed by atoms with van der Waals surface area (Å²) in [6.45, 7) is 6.70. The van der Waals surface area contributed by atoms with Crippen LogP contribution < -0.4 is 11.1 Å². The molecule has 0 saturated heterocycles. The molecule has 0 spiro atoms. The van der Waals surface area contributed by atoms with Crippen LogP contribution >= 0.6 is 0 Å². The first-order valence-corrected chi connectivity index (χ1v) is 8.27. The van der Waals surface area contributed by atoms with E-state index in [1.165, 1.54) is 16.7 Å². The number of anilines is 3. The van der Waals surface area contributed by atoms with Gasteiger partial charge in [-0.15, -0.1) is 0 Å². The van der Waals surface area contributed by atoms with Crippen molar-refractivity contribution >= 4 is 17.1 Å². The second kappa shape index (κ2) is 6.40. The first-order chi connectivity index (χ1) is 11.5. The van der Waals surface area contributed by atoms with Gasteiger partial charge in [-0.05, 0) is 28.7 Å². The maximum atomic E-state index is 6.15. The summed E-state index contributed by atoms with van der Waals surface area (Å²) in [6, 6.07) is 24.8. The van der Waals surface area contributed by atoms with Crippen LogP contribution in [0.25, 0.3) is 11.1 Å². The van der Waals surface area contributed by atoms with E-state index in [1.54, 1.807) is 0 Å². The van der Waals surface area contributed by atoms with Crippen molar-refractivity contribution in [3.05, 3.63) is 78.4 Å². The summed E-state index contributed by atoms with van der Waals surface area (Å²) in [5.41, 5.74) is 12.6. The van der Waals surface area contributed by atoms with Gasteiger partial charge in [-0.1, -0.05) is 81.4 Å². The fourth-order valence-electron chi connectivity index (χ4n) is 2.92. The third kappa shape index (κ3) is 3.28. The van der Waals surface area contributed by atoms with Gasteiger partial charge in [-0.2, -0.15) is 0 Å². The van der Waals surface area contributed by atoms with Gasteiger partial charge in [0.2, 0.25) is 0 Å². The number of nitrogens with two attached hydrogens (primary N) is 1. The fraction of sp³-hybridized carbons (Fsp3) is 0.182. The van der Waals surface area contributed by atoms with Crippen molar-refractivity contribution in [1.29, 1.82) is 0 Å². The van der Waals surface area contributed by atoms with Crippen molar-refractivity contribution in [3.63, 3.8) is 0 Å². The van der Waals surface area contributed by atoms with Gasteiger partial charge in [-0.25, -0.2) is 0 Å². The number of hydrogen-bond donors (Lipinski definition) is 2. The van der Waals surface area contributed by atoms with E-state index in [2.05, 4.69) is 68.6 Å². The van der Waals surface area contributed by atoms with Gasteiger partial charge in [-0.3, -0.25) is 0 Å². The standard InChI is InChI=1S/C22H24N2/c1-22(2,3)18-13-9-12-17(16-10-5-4-6-11-16)21(18)24-20-15-8-7-14-19(20)23/h4-15,24H,23H2,1-3H3. The lowest BCUT2D eigenvalue weighted by Crippen LogP contribution is -2.14. The molecule has 3 aromatic carbocycles. The highest BCUT2D eigenvalue weighted by Gasteiger charge is 2.21. The first-order valence-electron chi connectivity index (χ1n) is 8.27. The number of nitrogen functional groups attached to an aromatic ring is 1. The minimum Gasteiger partial charge on any atom is -0.397 e. The van der Waals surface area contributed by atoms with E-state index in [9.17, 15) is 0 Å². The fourth-order valence-corrected chi connectivity index (χ4v) is 2.92. The van der Waals surface area contributed by atoms with E-state index >= 15 is 0 Å². The molecule has 0 fully saturated rings. The maximum Gasteiger partial charge on any atom is 0.0618 e. The van der Waals surface area contributed by atoms with E-state index in [0.717, 1.165) is 17.1 Å². The summed E-state index contributed by atoms with van der Waals surface area (Å²) in [7, 11) is 0. The van der Waals surface area contributed by atoms with Crippen LogP contribution in [-0.4, -0.2) is 0 Å². The summed E-state index contributed by atoms with van der Waals surface area (Å²) < 4.78 is 0. The normalized spacial score (nSPS) is 11.3. The van der Waals surface area contributed by atoms with Crippen molar-refractivity contribution in [2.45, 2.75) is 26.2 Å². The summed E-state index contributed by atoms with van der Waals surface area (Å²) in [5.74, 6) is 0. The van der Waals surface area contributed by atoms with Gasteiger partial charge in [0.25, 0.3) is 0 Å². The van der Waals surface area contributed by atoms with Crippen molar-refractivity contribution < 1.29 is 0 Å². The molecule has 0 radical (unpaired) electrons. The van der Waals surface area contributed by atoms with E-state index < -0.39 is 0 Å². The molecular formula is C22H24N2. The lowest BCUT2D eigenvalue weighted by atomic mass is 9.83. The molecule has 0 atom stereocenters. The quantitative estimate of drug-likeness (QED) is 0.584. The zero-order chi connectivity index (χ0) is 17.2. The zero-order valence-corrected chi connectivity index (χ0v) is 14.5. The number of rotatable bonds is 3. The Morgan fingerprint density at radius 1 is 0.750 bits per heavy atom. The third-order valence-corrected chi connectivity index (χ3v) is 4.18. The molecule has 0 aliphatic rings. The van der Waals surface area contributed by atoms with E-state index in [4.69, 9.17) is 5.73 Å². The van der Waals surface area contributed by atoms with Crippen LogP contribution in [-0.2, 0) is 5.41 Å². The predicted molar refractivity (Wildman–Crippen MR) is 105 cm³/mol. The maximum absolute atomic E-state index is 6.15. The molecule has 3 rings (SSSR count). The van der Waals surface area contributed by atoms with Gasteiger partial charge in [0.05, 0.1) is 17.1 Å². The van der Waals surface area contributed by atoms with Crippen LogP contribution in [0, 0.1) is 0 Å². The Hall–Kier alpha value is -2.74. The van der Waals surface area contributed by atoms with Crippen LogP contribution in [0.15, 0.2) is 72.8 Å². The first kappa shape index (κ1) is 16.1. The highest BCUT2D eigenvalue weighted by Crippen LogP contribution is 2.39. The molecule has 0 unspecified atom stereocenters. The van der Waals surface area contributed by atoms with Gasteiger partial charge < -0.3 is 11.1 Å². The molecular weight excluding hydrogens is 292 g/mol. The van der Waals surface area contributed by atoms with Gasteiger partial charge in [0, 0.05) is 5.56 Å². The molecule has 0 amide bonds. The average molecular weight is 316 g/mol. The average Bonchev–Trinajstić information content (AvgIpc) is 2.57. The molecule has 2 heteroatoms. The SMILES string of the molecule is CC(C)(C)c1cccc(-c2ccccc2)c1Nc1ccccc1N. The van der Waals surface area contributed by atoms with Gasteiger partial charge in [0.1, 0.15) is 0 Å². The van der Waals surface area contributed by atoms with E-state index in [0.29, 0.717) is 0 Å². The Balaban J connectivity index is 2.19. The molecule has 0 aliphatic heterocycles. The monoisotopic (exact) mass is 316 g/mol. The highest BCUT2D eigenvalue weighted by atomic mass is 14.9. The van der Waals surface area contributed by atoms with Gasteiger partial charge in [0.15, 0.2) is 0 Å². The Labute approximate surface area is 144 Å². The summed E-state index contributed by atoms with van der Waals surface area (Å²) >= 11 is 0. The van der Waals surface area contributed by atoms with Crippen molar-refractivity contribution in [3.8, 4) is 11.1 Å². The smallest absolute Gasteiger partial charge is 0.0618 e. The summed E-state index contributed by atoms with van der Waals surface area (Å²) in [6.07, 6.45) is 0. The number of hydrogen-bond acceptors (Lipinski definition) is 2. The molecule has 3 N–H and O–H groups in total. The lowest BCUT2D eigenvalue weighted by molar-refractivity contribution is 0.592. The summed E-state index contributed by atoms with van der Waals surface area (Å²) in [5, 5.41) is 3.59. The van der Waals surface area contributed by atoms with Gasteiger partial charge >= 0.3 is 0 Å². The van der Waals surface area contributed by atoms with E-state index in [-0.39, 0.29) is 5.41 Å². The summed E-state index contributed by atoms with van der Waals surface area (Å²) in [4.78, 5) is 0. The second-order valence-corrected chi connectivity index (χ2v) is 7.06. The molecule has 24 heavy (non-hydrogen) atoms. The topological polar surface area (TPSA) is 38.0 Å². The Morgan fingerprint density at radius 3 is 2.08 bits per heavy atom. The third-order valence-electron chi connectivity index (χ3n) is 4.18. The molecule has 0 aliphatic carbocycles. The Morgan fingerprint density at radius 2 is 1.42 bits per heavy atom. The Kier molecular flexibility index (Phi) is 4.30. The second-order valence-electron chi connectivity index (χ2n) is 7.06. The van der Waals surface area contributed by atoms with E-state index in [1.807, 2.05) is 30.3 Å². The molecule has 0 saturated carbocycles. The van der Waals surface area contributed by atoms with Crippen LogP contribution in [0.5, 0.6) is 0 Å². The minimum absolute atomic E-state index is 0.0245. The zero-order valence-electron chi connectivity index (χ0n) is 14.5. The van der Waals surface area contributed by atoms with Crippen LogP contribution in [0.3, 0.4) is 0 Å². The molecule has 3 aromatic rings. The van der Waals surface area contributed by atoms with Crippen molar-refractivity contribution in [2.75, 3.05) is 11.1 Å². The molecule has 2 nitrogen and oxygen atoms in total. The molecule has 122 valence electrons. The molecule has 0 aromatic heterocycles. The number of para-hydroxylation sites is 3. The largest absolute Gasteiger partial charge is 0.397 e. The molecule has 0 bridgehead atoms. The molecule has 0 heterocycles. The minimum atomic E-state index is 0.0245. The highest BCUT2D eigenvalue weighted by molar-refractivity contribution is 5.86. The Bertz CT molecular complexity index is 830. The number of nitrogens with one attached hydrogen (secondary N) is 1. The van der Waals surface area contributed by atoms with Crippen LogP contribution in [0.2, 0.25) is 0 Å². The van der Waals surface area contributed by atoms with Crippen molar-refractivity contribution in [2.24, 2.45) is 0 Å². The number of benzene rings is 3. The van der Waals surface area contributed by atoms with Crippen LogP contribution in [0.4, 0.5) is 17.1 Å². The van der Waals surface area contributed by atoms with Crippen LogP contribution in [0.1, 0.15) is 26.3 Å². The lowest BCUT2D eigenvalue weighted by Gasteiger charge is -2.26. The predicted octanol–water partition coefficient (Wildman–Crippen LogP) is 5.98. The van der Waals surface area contributed by atoms with Crippen molar-refractivity contribution in [1.82, 2.24) is 0 Å².